The number of methoxy groups -OCH3 is 2. The molecule has 86 heavy (non-hydrogen) atoms. The smallest absolute Gasteiger partial charge is 0.412 e. The van der Waals surface area contributed by atoms with Crippen molar-refractivity contribution in [2.45, 2.75) is 153 Å². The number of fused-ring (bicyclic) bond motifs is 5. The third-order valence-corrected chi connectivity index (χ3v) is 15.7. The first-order valence-electron chi connectivity index (χ1n) is 28.0. The van der Waals surface area contributed by atoms with E-state index in [0.717, 1.165) is 17.7 Å². The number of benzene rings is 2. The van der Waals surface area contributed by atoms with Crippen LogP contribution in [0.5, 0.6) is 5.75 Å². The highest BCUT2D eigenvalue weighted by atomic mass is 35.5. The van der Waals surface area contributed by atoms with E-state index in [-0.39, 0.29) is 98.4 Å². The molecule has 4 aliphatic rings. The number of nitrogens with two attached hydrogens (primary N) is 1. The number of unbranched alkanes of at least 4 members (excludes halogenated alkanes) is 1. The number of nitrogens with zero attached hydrogens (tertiary/aromatic N) is 2. The molecule has 4 heterocycles. The van der Waals surface area contributed by atoms with Crippen molar-refractivity contribution in [3.63, 3.8) is 0 Å². The molecule has 6 rings (SSSR count). The van der Waals surface area contributed by atoms with Gasteiger partial charge in [0.15, 0.2) is 5.72 Å². The fraction of sp³-hybridized carbons (Fsp3) is 0.561. The molecule has 0 spiro atoms. The average molecular weight is 1250 g/mol. The molecule has 26 nitrogen and oxygen atoms in total. The van der Waals surface area contributed by atoms with E-state index in [1.54, 1.807) is 58.1 Å². The molecule has 0 unspecified atom stereocenters. The van der Waals surface area contributed by atoms with Crippen molar-refractivity contribution in [1.29, 1.82) is 0 Å². The van der Waals surface area contributed by atoms with Gasteiger partial charge in [-0.2, -0.15) is 0 Å². The molecule has 472 valence electrons. The van der Waals surface area contributed by atoms with E-state index < -0.39 is 131 Å². The summed E-state index contributed by atoms with van der Waals surface area (Å²) in [4.78, 5) is 124. The minimum atomic E-state index is -1.95. The number of imide groups is 1. The van der Waals surface area contributed by atoms with Crippen molar-refractivity contribution < 1.29 is 85.9 Å². The number of carbonyl (C=O) groups excluding carboxylic acids is 9. The molecule has 3 fully saturated rings. The maximum absolute atomic E-state index is 16.2. The summed E-state index contributed by atoms with van der Waals surface area (Å²) in [5.74, 6) is -6.81. The fourth-order valence-corrected chi connectivity index (χ4v) is 10.7. The van der Waals surface area contributed by atoms with Crippen LogP contribution < -0.4 is 47.3 Å². The standard InChI is InChI=1S/C57H76Cl2FN9O17/c1-30(2)50(66-44(70)16-9-10-17-48(74)86-69-45(71)18-19-46(69)72)53(76)63-36(14-12-20-62-29-82-28-61)52(75)64-38-24-34(58)37(25-35(38)60)65-54(77)84-43-26-47(73)68(6)39-22-33(23-40(80-7)49(39)59)21-31(3)13-11-15-42(81-8)57(79)27-41(83-55(78)67-57)32(4)51-56(43,5)85-51/h11,13,15,22-25,30,32,36,41-43,50-51,62,79H,9-10,12,14,16-21,26-29,61H2,1-8H3,(H,63,76)(H,64,75)(H,65,77)(H,66,70)(H,67,78)/b15-11+,31-13+/t32-,36+,41+,42-,43+,50+,51+,56+,57+/m1/s1. The van der Waals surface area contributed by atoms with Crippen molar-refractivity contribution >= 4 is 93.9 Å². The lowest BCUT2D eigenvalue weighted by Gasteiger charge is -2.42. The van der Waals surface area contributed by atoms with Crippen LogP contribution >= 0.6 is 23.2 Å². The number of amides is 8. The first kappa shape index (κ1) is 68.1. The Morgan fingerprint density at radius 1 is 0.953 bits per heavy atom. The number of epoxide rings is 1. The van der Waals surface area contributed by atoms with E-state index in [1.165, 1.54) is 26.2 Å². The van der Waals surface area contributed by atoms with E-state index in [2.05, 4.69) is 31.9 Å². The van der Waals surface area contributed by atoms with Crippen molar-refractivity contribution in [3.05, 3.63) is 69.5 Å². The van der Waals surface area contributed by atoms with Gasteiger partial charge in [0.05, 0.1) is 55.2 Å². The molecule has 0 radical (unpaired) electrons. The minimum Gasteiger partial charge on any atom is -0.495 e. The molecule has 4 aliphatic heterocycles. The highest BCUT2D eigenvalue weighted by molar-refractivity contribution is 6.35. The van der Waals surface area contributed by atoms with Crippen molar-refractivity contribution in [2.75, 3.05) is 56.8 Å². The van der Waals surface area contributed by atoms with Crippen LogP contribution in [0, 0.1) is 17.7 Å². The van der Waals surface area contributed by atoms with Crippen LogP contribution in [0.3, 0.4) is 0 Å². The third-order valence-electron chi connectivity index (χ3n) is 15.1. The van der Waals surface area contributed by atoms with E-state index in [0.29, 0.717) is 23.6 Å². The first-order valence-corrected chi connectivity index (χ1v) is 28.8. The first-order chi connectivity index (χ1) is 40.7. The number of alkyl carbamates (subject to hydrolysis) is 1. The van der Waals surface area contributed by atoms with Gasteiger partial charge in [0, 0.05) is 58.2 Å². The van der Waals surface area contributed by atoms with Gasteiger partial charge in [0.2, 0.25) is 23.6 Å². The van der Waals surface area contributed by atoms with Crippen LogP contribution in [0.25, 0.3) is 0 Å². The largest absolute Gasteiger partial charge is 0.495 e. The number of aliphatic hydroxyl groups is 1. The summed E-state index contributed by atoms with van der Waals surface area (Å²) in [6, 6.07) is 2.81. The second-order valence-electron chi connectivity index (χ2n) is 21.9. The second-order valence-corrected chi connectivity index (χ2v) is 22.7. The minimum absolute atomic E-state index is 0.00125. The summed E-state index contributed by atoms with van der Waals surface area (Å²) < 4.78 is 50.5. The van der Waals surface area contributed by atoms with Gasteiger partial charge < -0.3 is 64.9 Å². The van der Waals surface area contributed by atoms with E-state index >= 15 is 4.39 Å². The summed E-state index contributed by atoms with van der Waals surface area (Å²) in [7, 11) is 4.29. The van der Waals surface area contributed by atoms with Crippen LogP contribution in [-0.4, -0.2) is 153 Å². The van der Waals surface area contributed by atoms with Gasteiger partial charge >= 0.3 is 18.2 Å². The third kappa shape index (κ3) is 17.8. The predicted octanol–water partition coefficient (Wildman–Crippen LogP) is 5.16. The number of halogens is 3. The summed E-state index contributed by atoms with van der Waals surface area (Å²) >= 11 is 13.5. The average Bonchev–Trinajstić information content (AvgIpc) is 3.64. The monoisotopic (exact) mass is 1250 g/mol. The second kappa shape index (κ2) is 30.6. The summed E-state index contributed by atoms with van der Waals surface area (Å²) in [6.07, 6.45) is -1.43. The Hall–Kier alpha value is -6.98. The van der Waals surface area contributed by atoms with Gasteiger partial charge in [-0.3, -0.25) is 44.7 Å². The Bertz CT molecular complexity index is 2920. The van der Waals surface area contributed by atoms with Crippen molar-refractivity contribution in [2.24, 2.45) is 17.6 Å². The predicted molar refractivity (Wildman–Crippen MR) is 309 cm³/mol. The molecule has 2 aromatic rings. The number of carbonyl (C=O) groups is 9. The molecule has 0 saturated carbocycles. The molecule has 0 aromatic heterocycles. The Labute approximate surface area is 506 Å². The van der Waals surface area contributed by atoms with E-state index in [4.69, 9.17) is 62.2 Å². The molecule has 0 aliphatic carbocycles. The van der Waals surface area contributed by atoms with E-state index in [1.807, 2.05) is 6.92 Å². The van der Waals surface area contributed by atoms with Crippen molar-refractivity contribution in [3.8, 4) is 5.75 Å². The maximum atomic E-state index is 16.2. The summed E-state index contributed by atoms with van der Waals surface area (Å²) in [5, 5.41) is 27.8. The molecule has 8 amide bonds. The molecular weight excluding hydrogens is 1170 g/mol. The molecule has 3 saturated heterocycles. The highest BCUT2D eigenvalue weighted by Crippen LogP contribution is 2.49. The Kier molecular flexibility index (Phi) is 24.2. The number of hydrogen-bond donors (Lipinski definition) is 8. The lowest BCUT2D eigenvalue weighted by molar-refractivity contribution is -0.197. The molecule has 9 N–H and O–H groups in total. The van der Waals surface area contributed by atoms with Crippen molar-refractivity contribution in [1.82, 2.24) is 26.3 Å². The summed E-state index contributed by atoms with van der Waals surface area (Å²) in [6.45, 7) is 8.85. The number of allylic oxidation sites excluding steroid dienone is 3. The SMILES string of the molecule is COc1cc2cc(c1Cl)N(C)C(=O)C[C@H](OC(=O)Nc1cc(F)c(NC(=O)[C@H](CCCNCOCN)NC(=O)[C@@H](NC(=O)CCCCC(=O)ON3C(=O)CCC3=O)C(C)C)cc1Cl)[C@]1(C)O[C@H]1[C@H](C)[C@@H]1C[C@@](O)(NC(=O)O1)[C@H](OC)/C=C/C=C(\C)C2. The Balaban J connectivity index is 1.17. The lowest BCUT2D eigenvalue weighted by Crippen LogP contribution is -2.63. The van der Waals surface area contributed by atoms with Crippen LogP contribution in [0.15, 0.2) is 48.1 Å². The molecule has 2 aromatic carbocycles. The number of hydroxylamine groups is 2. The van der Waals surface area contributed by atoms with Gasteiger partial charge in [-0.05, 0) is 82.2 Å². The molecular formula is C57H76Cl2FN9O17. The van der Waals surface area contributed by atoms with Gasteiger partial charge in [0.1, 0.15) is 52.6 Å². The quantitative estimate of drug-likeness (QED) is 0.0308. The molecule has 9 atom stereocenters. The normalized spacial score (nSPS) is 24.9. The number of anilines is 3. The maximum Gasteiger partial charge on any atom is 0.412 e. The van der Waals surface area contributed by atoms with Gasteiger partial charge in [-0.15, -0.1) is 5.06 Å². The van der Waals surface area contributed by atoms with Gasteiger partial charge in [0.25, 0.3) is 11.8 Å². The molecule has 4 bridgehead atoms. The number of hydrogen-bond acceptors (Lipinski definition) is 19. The zero-order chi connectivity index (χ0) is 63.2. The van der Waals surface area contributed by atoms with Crippen LogP contribution in [0.1, 0.15) is 104 Å². The van der Waals surface area contributed by atoms with Crippen LogP contribution in [0.4, 0.5) is 31.0 Å². The Morgan fingerprint density at radius 3 is 2.34 bits per heavy atom. The zero-order valence-electron chi connectivity index (χ0n) is 49.1. The zero-order valence-corrected chi connectivity index (χ0v) is 50.7. The van der Waals surface area contributed by atoms with Gasteiger partial charge in [-0.25, -0.2) is 18.8 Å². The number of nitrogens with one attached hydrogen (secondary N) is 6. The fourth-order valence-electron chi connectivity index (χ4n) is 10.1. The van der Waals surface area contributed by atoms with Crippen LogP contribution in [0.2, 0.25) is 10.0 Å². The van der Waals surface area contributed by atoms with Gasteiger partial charge in [-0.1, -0.05) is 67.8 Å². The van der Waals surface area contributed by atoms with E-state index in [9.17, 15) is 48.3 Å². The Morgan fingerprint density at radius 2 is 1.66 bits per heavy atom. The lowest BCUT2D eigenvalue weighted by atomic mass is 9.83. The number of ether oxygens (including phenoxy) is 6. The van der Waals surface area contributed by atoms with Crippen LogP contribution in [-0.2, 0) is 68.5 Å². The highest BCUT2D eigenvalue weighted by Gasteiger charge is 2.64. The summed E-state index contributed by atoms with van der Waals surface area (Å²) in [5.41, 5.74) is 3.08. The topological polar surface area (TPSA) is 346 Å². The number of rotatable bonds is 23. The molecule has 29 heteroatoms.